The van der Waals surface area contributed by atoms with Crippen molar-refractivity contribution in [1.29, 1.82) is 5.26 Å². The summed E-state index contributed by atoms with van der Waals surface area (Å²) < 4.78 is 29.6. The van der Waals surface area contributed by atoms with Crippen LogP contribution in [-0.2, 0) is 0 Å². The van der Waals surface area contributed by atoms with Crippen molar-refractivity contribution < 1.29 is 8.78 Å². The molecule has 218 valence electrons. The zero-order chi connectivity index (χ0) is 29.9. The van der Waals surface area contributed by atoms with Crippen LogP contribution in [0.5, 0.6) is 0 Å². The Kier molecular flexibility index (Phi) is 8.18. The van der Waals surface area contributed by atoms with Gasteiger partial charge in [-0.05, 0) is 61.3 Å². The van der Waals surface area contributed by atoms with E-state index in [1.807, 2.05) is 29.1 Å². The largest absolute Gasteiger partial charge is 0.371 e. The summed E-state index contributed by atoms with van der Waals surface area (Å²) in [5.74, 6) is -0.865. The average Bonchev–Trinajstić information content (AvgIpc) is 3.52. The molecule has 1 atom stereocenters. The third-order valence-corrected chi connectivity index (χ3v) is 8.20. The molecule has 3 heterocycles. The lowest BCUT2D eigenvalue weighted by Crippen LogP contribution is -2.34. The first kappa shape index (κ1) is 28.5. The Morgan fingerprint density at radius 3 is 2.60 bits per heavy atom. The van der Waals surface area contributed by atoms with Gasteiger partial charge in [0.15, 0.2) is 0 Å². The lowest BCUT2D eigenvalue weighted by Gasteiger charge is -2.30. The molecule has 5 aromatic rings. The fraction of sp³-hybridized carbons (Fsp3) is 0.250. The number of aromatic nitrogens is 4. The summed E-state index contributed by atoms with van der Waals surface area (Å²) in [6.45, 7) is 5.24. The van der Waals surface area contributed by atoms with Crippen molar-refractivity contribution in [3.8, 4) is 6.07 Å². The molecule has 6 rings (SSSR count). The van der Waals surface area contributed by atoms with Crippen LogP contribution in [-0.4, -0.2) is 44.5 Å². The SMILES string of the molecule is CCN1CCC(n2cc(C(Nc3cccc4c(Nc5ccc(F)c(Cl)c5)c(C#N)cnc34)c3ccc(F)cc3)nn2)CC1. The van der Waals surface area contributed by atoms with Crippen molar-refractivity contribution in [2.24, 2.45) is 0 Å². The molecule has 0 aliphatic carbocycles. The van der Waals surface area contributed by atoms with Crippen molar-refractivity contribution >= 4 is 39.6 Å². The topological polar surface area (TPSA) is 94.7 Å². The minimum atomic E-state index is -0.533. The molecule has 2 aromatic heterocycles. The predicted octanol–water partition coefficient (Wildman–Crippen LogP) is 7.23. The lowest BCUT2D eigenvalue weighted by molar-refractivity contribution is 0.186. The summed E-state index contributed by atoms with van der Waals surface area (Å²) in [7, 11) is 0. The predicted molar refractivity (Wildman–Crippen MR) is 163 cm³/mol. The molecular formula is C32H29ClF2N8. The number of likely N-dealkylation sites (tertiary alicyclic amines) is 1. The number of para-hydroxylation sites is 1. The maximum Gasteiger partial charge on any atom is 0.141 e. The number of fused-ring (bicyclic) bond motifs is 1. The van der Waals surface area contributed by atoms with Gasteiger partial charge in [0.05, 0.1) is 45.8 Å². The molecule has 1 fully saturated rings. The Hall–Kier alpha value is -4.59. The number of benzene rings is 3. The van der Waals surface area contributed by atoms with Crippen molar-refractivity contribution in [1.82, 2.24) is 24.9 Å². The molecule has 1 saturated heterocycles. The second-order valence-corrected chi connectivity index (χ2v) is 10.9. The molecule has 11 heteroatoms. The molecule has 3 aromatic carbocycles. The molecule has 1 aliphatic rings. The zero-order valence-corrected chi connectivity index (χ0v) is 24.2. The van der Waals surface area contributed by atoms with Gasteiger partial charge in [0, 0.05) is 30.4 Å². The van der Waals surface area contributed by atoms with Gasteiger partial charge in [0.25, 0.3) is 0 Å². The van der Waals surface area contributed by atoms with Gasteiger partial charge in [-0.3, -0.25) is 4.98 Å². The van der Waals surface area contributed by atoms with Gasteiger partial charge in [-0.1, -0.05) is 48.0 Å². The van der Waals surface area contributed by atoms with E-state index in [0.717, 1.165) is 38.0 Å². The van der Waals surface area contributed by atoms with Crippen LogP contribution in [0.1, 0.15) is 48.7 Å². The molecule has 1 unspecified atom stereocenters. The van der Waals surface area contributed by atoms with Gasteiger partial charge in [-0.2, -0.15) is 5.26 Å². The summed E-state index contributed by atoms with van der Waals surface area (Å²) in [6, 6.07) is 18.2. The fourth-order valence-corrected chi connectivity index (χ4v) is 5.70. The number of pyridine rings is 1. The average molecular weight is 599 g/mol. The molecule has 0 radical (unpaired) electrons. The highest BCUT2D eigenvalue weighted by Crippen LogP contribution is 2.36. The van der Waals surface area contributed by atoms with Crippen LogP contribution in [0, 0.1) is 23.0 Å². The van der Waals surface area contributed by atoms with Crippen LogP contribution in [0.15, 0.2) is 73.1 Å². The molecule has 0 amide bonds. The van der Waals surface area contributed by atoms with E-state index in [9.17, 15) is 14.0 Å². The van der Waals surface area contributed by atoms with Crippen LogP contribution in [0.2, 0.25) is 5.02 Å². The van der Waals surface area contributed by atoms with E-state index in [1.165, 1.54) is 30.5 Å². The minimum absolute atomic E-state index is 0.0321. The lowest BCUT2D eigenvalue weighted by atomic mass is 10.0. The molecule has 43 heavy (non-hydrogen) atoms. The standard InChI is InChI=1S/C32H29ClF2N8/c1-2-42-14-12-24(13-15-42)43-19-29(40-41-43)31(20-6-8-22(34)9-7-20)39-28-5-3-4-25-30(21(17-36)18-37-32(25)28)38-23-10-11-27(35)26(33)16-23/h3-11,16,18-19,24,31,39H,2,12-15H2,1H3,(H,37,38). The number of anilines is 3. The zero-order valence-electron chi connectivity index (χ0n) is 23.4. The van der Waals surface area contributed by atoms with Gasteiger partial charge >= 0.3 is 0 Å². The first-order valence-electron chi connectivity index (χ1n) is 14.1. The molecule has 0 saturated carbocycles. The third-order valence-electron chi connectivity index (χ3n) is 7.91. The number of piperidine rings is 1. The Balaban J connectivity index is 1.37. The highest BCUT2D eigenvalue weighted by Gasteiger charge is 2.24. The number of nitrogens with one attached hydrogen (secondary N) is 2. The normalized spacial score (nSPS) is 14.9. The Morgan fingerprint density at radius 1 is 1.09 bits per heavy atom. The Labute approximate surface area is 252 Å². The van der Waals surface area contributed by atoms with Crippen molar-refractivity contribution in [2.45, 2.75) is 31.8 Å². The van der Waals surface area contributed by atoms with E-state index in [4.69, 9.17) is 11.6 Å². The maximum absolute atomic E-state index is 13.9. The van der Waals surface area contributed by atoms with Crippen LogP contribution in [0.4, 0.5) is 25.8 Å². The van der Waals surface area contributed by atoms with Crippen molar-refractivity contribution in [2.75, 3.05) is 30.3 Å². The molecule has 2 N–H and O–H groups in total. The van der Waals surface area contributed by atoms with E-state index in [2.05, 4.69) is 43.8 Å². The fourth-order valence-electron chi connectivity index (χ4n) is 5.52. The number of nitriles is 1. The van der Waals surface area contributed by atoms with Gasteiger partial charge in [-0.25, -0.2) is 13.5 Å². The van der Waals surface area contributed by atoms with E-state index in [-0.39, 0.29) is 16.9 Å². The van der Waals surface area contributed by atoms with E-state index in [0.29, 0.717) is 39.2 Å². The third kappa shape index (κ3) is 6.00. The van der Waals surface area contributed by atoms with Crippen LogP contribution < -0.4 is 10.6 Å². The molecular weight excluding hydrogens is 570 g/mol. The van der Waals surface area contributed by atoms with Crippen LogP contribution >= 0.6 is 11.6 Å². The van der Waals surface area contributed by atoms with Crippen molar-refractivity contribution in [3.05, 3.63) is 107 Å². The smallest absolute Gasteiger partial charge is 0.141 e. The van der Waals surface area contributed by atoms with Gasteiger partial charge in [0.1, 0.15) is 23.4 Å². The molecule has 0 bridgehead atoms. The van der Waals surface area contributed by atoms with E-state index >= 15 is 0 Å². The van der Waals surface area contributed by atoms with Gasteiger partial charge < -0.3 is 15.5 Å². The maximum atomic E-state index is 13.9. The summed E-state index contributed by atoms with van der Waals surface area (Å²) >= 11 is 6.00. The number of hydrogen-bond acceptors (Lipinski definition) is 7. The van der Waals surface area contributed by atoms with E-state index < -0.39 is 11.9 Å². The molecule has 0 spiro atoms. The van der Waals surface area contributed by atoms with Crippen LogP contribution in [0.3, 0.4) is 0 Å². The van der Waals surface area contributed by atoms with E-state index in [1.54, 1.807) is 18.2 Å². The Morgan fingerprint density at radius 2 is 1.88 bits per heavy atom. The highest BCUT2D eigenvalue weighted by atomic mass is 35.5. The summed E-state index contributed by atoms with van der Waals surface area (Å²) in [6.07, 6.45) is 5.45. The number of halogens is 3. The molecule has 1 aliphatic heterocycles. The summed E-state index contributed by atoms with van der Waals surface area (Å²) in [5, 5.41) is 26.3. The highest BCUT2D eigenvalue weighted by molar-refractivity contribution is 6.31. The minimum Gasteiger partial charge on any atom is -0.371 e. The Bertz CT molecular complexity index is 1790. The quantitative estimate of drug-likeness (QED) is 0.194. The first-order chi connectivity index (χ1) is 20.9. The van der Waals surface area contributed by atoms with Crippen molar-refractivity contribution in [3.63, 3.8) is 0 Å². The first-order valence-corrected chi connectivity index (χ1v) is 14.5. The summed E-state index contributed by atoms with van der Waals surface area (Å²) in [4.78, 5) is 7.04. The second-order valence-electron chi connectivity index (χ2n) is 10.5. The number of rotatable bonds is 8. The summed E-state index contributed by atoms with van der Waals surface area (Å²) in [5.41, 5.74) is 4.14. The van der Waals surface area contributed by atoms with Gasteiger partial charge in [0.2, 0.25) is 0 Å². The number of hydrogen-bond donors (Lipinski definition) is 2. The molecule has 8 nitrogen and oxygen atoms in total. The van der Waals surface area contributed by atoms with Gasteiger partial charge in [-0.15, -0.1) is 5.10 Å². The van der Waals surface area contributed by atoms with Crippen LogP contribution in [0.25, 0.3) is 10.9 Å². The monoisotopic (exact) mass is 598 g/mol. The number of nitrogens with zero attached hydrogens (tertiary/aromatic N) is 6. The second kappa shape index (κ2) is 12.3.